The van der Waals surface area contributed by atoms with Crippen LogP contribution in [0.2, 0.25) is 0 Å². The van der Waals surface area contributed by atoms with Crippen LogP contribution in [0.25, 0.3) is 0 Å². The zero-order valence-electron chi connectivity index (χ0n) is 9.58. The highest BCUT2D eigenvalue weighted by molar-refractivity contribution is 5.17. The van der Waals surface area contributed by atoms with Crippen LogP contribution in [0.1, 0.15) is 25.3 Å². The van der Waals surface area contributed by atoms with E-state index in [0.29, 0.717) is 18.7 Å². The Hall–Kier alpha value is -0.930. The van der Waals surface area contributed by atoms with Crippen molar-refractivity contribution in [3.05, 3.63) is 35.6 Å². The van der Waals surface area contributed by atoms with Crippen LogP contribution >= 0.6 is 0 Å². The predicted molar refractivity (Wildman–Crippen MR) is 61.7 cm³/mol. The van der Waals surface area contributed by atoms with E-state index >= 15 is 0 Å². The minimum absolute atomic E-state index is 0.129. The van der Waals surface area contributed by atoms with Crippen LogP contribution in [0.4, 0.5) is 4.39 Å². The lowest BCUT2D eigenvalue weighted by molar-refractivity contribution is -0.0102. The Kier molecular flexibility index (Phi) is 3.91. The van der Waals surface area contributed by atoms with Crippen molar-refractivity contribution in [3.8, 4) is 0 Å². The van der Waals surface area contributed by atoms with E-state index in [1.54, 1.807) is 6.07 Å². The Morgan fingerprint density at radius 1 is 1.38 bits per heavy atom. The summed E-state index contributed by atoms with van der Waals surface area (Å²) in [5.41, 5.74) is 0.738. The highest BCUT2D eigenvalue weighted by Gasteiger charge is 2.28. The van der Waals surface area contributed by atoms with E-state index in [-0.39, 0.29) is 5.82 Å². The molecule has 2 nitrogen and oxygen atoms in total. The molecule has 1 aromatic carbocycles. The lowest BCUT2D eigenvalue weighted by atomic mass is 9.89. The van der Waals surface area contributed by atoms with Crippen molar-refractivity contribution in [2.75, 3.05) is 6.61 Å². The second-order valence-electron chi connectivity index (χ2n) is 4.22. The largest absolute Gasteiger partial charge is 0.378 e. The average molecular weight is 223 g/mol. The number of halogens is 1. The van der Waals surface area contributed by atoms with Crippen LogP contribution in [0.3, 0.4) is 0 Å². The molecule has 0 atom stereocenters. The van der Waals surface area contributed by atoms with E-state index < -0.39 is 0 Å². The number of rotatable bonds is 5. The van der Waals surface area contributed by atoms with Crippen LogP contribution in [0, 0.1) is 5.82 Å². The molecule has 0 unspecified atom stereocenters. The van der Waals surface area contributed by atoms with Gasteiger partial charge in [0.15, 0.2) is 0 Å². The second kappa shape index (κ2) is 5.41. The molecule has 1 aliphatic rings. The van der Waals surface area contributed by atoms with Gasteiger partial charge in [0.2, 0.25) is 0 Å². The van der Waals surface area contributed by atoms with Gasteiger partial charge in [-0.05, 0) is 25.8 Å². The Morgan fingerprint density at radius 3 is 2.81 bits per heavy atom. The zero-order valence-corrected chi connectivity index (χ0v) is 9.58. The Morgan fingerprint density at radius 2 is 2.12 bits per heavy atom. The number of hydrogen-bond acceptors (Lipinski definition) is 2. The molecular weight excluding hydrogens is 205 g/mol. The average Bonchev–Trinajstić information content (AvgIpc) is 2.23. The maximum absolute atomic E-state index is 13.3. The fourth-order valence-electron chi connectivity index (χ4n) is 2.00. The van der Waals surface area contributed by atoms with Crippen molar-refractivity contribution >= 4 is 0 Å². The number of nitrogens with one attached hydrogen (secondary N) is 1. The summed E-state index contributed by atoms with van der Waals surface area (Å²) in [5.74, 6) is -0.129. The molecule has 0 heterocycles. The topological polar surface area (TPSA) is 21.3 Å². The van der Waals surface area contributed by atoms with Crippen molar-refractivity contribution in [1.82, 2.24) is 5.32 Å². The van der Waals surface area contributed by atoms with Gasteiger partial charge < -0.3 is 10.1 Å². The normalized spacial score (nSPS) is 24.1. The number of ether oxygens (including phenoxy) is 1. The number of benzene rings is 1. The third-order valence-corrected chi connectivity index (χ3v) is 3.04. The molecule has 0 amide bonds. The lowest BCUT2D eigenvalue weighted by Crippen LogP contribution is -2.45. The maximum Gasteiger partial charge on any atom is 0.127 e. The summed E-state index contributed by atoms with van der Waals surface area (Å²) in [7, 11) is 0. The summed E-state index contributed by atoms with van der Waals surface area (Å²) in [6, 6.07) is 7.38. The molecule has 0 aliphatic heterocycles. The molecule has 1 fully saturated rings. The van der Waals surface area contributed by atoms with Gasteiger partial charge in [-0.15, -0.1) is 0 Å². The van der Waals surface area contributed by atoms with Crippen molar-refractivity contribution in [2.45, 2.75) is 38.5 Å². The van der Waals surface area contributed by atoms with Gasteiger partial charge in [-0.1, -0.05) is 18.2 Å². The first kappa shape index (κ1) is 11.6. The third kappa shape index (κ3) is 2.80. The van der Waals surface area contributed by atoms with Crippen molar-refractivity contribution < 1.29 is 9.13 Å². The van der Waals surface area contributed by atoms with Gasteiger partial charge in [-0.2, -0.15) is 0 Å². The molecule has 0 radical (unpaired) electrons. The molecule has 16 heavy (non-hydrogen) atoms. The van der Waals surface area contributed by atoms with Crippen molar-refractivity contribution in [2.24, 2.45) is 0 Å². The maximum atomic E-state index is 13.3. The molecule has 1 saturated carbocycles. The van der Waals surface area contributed by atoms with E-state index in [1.807, 2.05) is 19.1 Å². The molecule has 3 heteroatoms. The van der Waals surface area contributed by atoms with E-state index in [1.165, 1.54) is 6.07 Å². The molecule has 1 aromatic rings. The van der Waals surface area contributed by atoms with Gasteiger partial charge in [-0.25, -0.2) is 4.39 Å². The molecular formula is C13H18FNO. The van der Waals surface area contributed by atoms with Crippen LogP contribution in [-0.4, -0.2) is 18.8 Å². The standard InChI is InChI=1S/C13H18FNO/c1-2-16-12-7-11(8-12)15-9-10-5-3-4-6-13(10)14/h3-6,11-12,15H,2,7-9H2,1H3. The van der Waals surface area contributed by atoms with E-state index in [9.17, 15) is 4.39 Å². The summed E-state index contributed by atoms with van der Waals surface area (Å²) in [4.78, 5) is 0. The Bertz CT molecular complexity index is 336. The first-order valence-corrected chi connectivity index (χ1v) is 5.88. The minimum atomic E-state index is -0.129. The molecule has 2 rings (SSSR count). The SMILES string of the molecule is CCOC1CC(NCc2ccccc2F)C1. The molecule has 1 N–H and O–H groups in total. The van der Waals surface area contributed by atoms with Gasteiger partial charge >= 0.3 is 0 Å². The summed E-state index contributed by atoms with van der Waals surface area (Å²) < 4.78 is 18.8. The molecule has 0 bridgehead atoms. The highest BCUT2D eigenvalue weighted by atomic mass is 19.1. The Labute approximate surface area is 95.8 Å². The van der Waals surface area contributed by atoms with Crippen molar-refractivity contribution in [3.63, 3.8) is 0 Å². The Balaban J connectivity index is 1.72. The van der Waals surface area contributed by atoms with E-state index in [4.69, 9.17) is 4.74 Å². The second-order valence-corrected chi connectivity index (χ2v) is 4.22. The molecule has 0 aromatic heterocycles. The lowest BCUT2D eigenvalue weighted by Gasteiger charge is -2.35. The summed E-state index contributed by atoms with van der Waals surface area (Å²) in [6.07, 6.45) is 2.49. The fourth-order valence-corrected chi connectivity index (χ4v) is 2.00. The first-order chi connectivity index (χ1) is 7.79. The van der Waals surface area contributed by atoms with Crippen molar-refractivity contribution in [1.29, 1.82) is 0 Å². The first-order valence-electron chi connectivity index (χ1n) is 5.88. The zero-order chi connectivity index (χ0) is 11.4. The van der Waals surface area contributed by atoms with Gasteiger partial charge in [0.25, 0.3) is 0 Å². The molecule has 0 spiro atoms. The van der Waals surface area contributed by atoms with E-state index in [0.717, 1.165) is 25.0 Å². The summed E-state index contributed by atoms with van der Waals surface area (Å²) in [5, 5.41) is 3.34. The van der Waals surface area contributed by atoms with Crippen LogP contribution in [-0.2, 0) is 11.3 Å². The molecule has 88 valence electrons. The minimum Gasteiger partial charge on any atom is -0.378 e. The molecule has 1 aliphatic carbocycles. The van der Waals surface area contributed by atoms with Gasteiger partial charge in [0.05, 0.1) is 6.10 Å². The van der Waals surface area contributed by atoms with Gasteiger partial charge in [0, 0.05) is 24.8 Å². The third-order valence-electron chi connectivity index (χ3n) is 3.04. The summed E-state index contributed by atoms with van der Waals surface area (Å²) >= 11 is 0. The van der Waals surface area contributed by atoms with E-state index in [2.05, 4.69) is 5.32 Å². The van der Waals surface area contributed by atoms with Gasteiger partial charge in [-0.3, -0.25) is 0 Å². The number of hydrogen-bond donors (Lipinski definition) is 1. The predicted octanol–water partition coefficient (Wildman–Crippen LogP) is 2.48. The summed E-state index contributed by atoms with van der Waals surface area (Å²) in [6.45, 7) is 3.40. The quantitative estimate of drug-likeness (QED) is 0.828. The fraction of sp³-hybridized carbons (Fsp3) is 0.538. The smallest absolute Gasteiger partial charge is 0.127 e. The highest BCUT2D eigenvalue weighted by Crippen LogP contribution is 2.23. The monoisotopic (exact) mass is 223 g/mol. The van der Waals surface area contributed by atoms with Crippen LogP contribution < -0.4 is 5.32 Å². The van der Waals surface area contributed by atoms with Crippen LogP contribution in [0.15, 0.2) is 24.3 Å². The van der Waals surface area contributed by atoms with Crippen LogP contribution in [0.5, 0.6) is 0 Å². The molecule has 0 saturated heterocycles. The van der Waals surface area contributed by atoms with Gasteiger partial charge in [0.1, 0.15) is 5.82 Å².